The molecule has 5 rings (SSSR count). The van der Waals surface area contributed by atoms with Crippen molar-refractivity contribution in [2.45, 2.75) is 71.3 Å². The minimum Gasteiger partial charge on any atom is -0.392 e. The Bertz CT molecular complexity index is 538. The second kappa shape index (κ2) is 6.66. The van der Waals surface area contributed by atoms with Gasteiger partial charge in [-0.25, -0.2) is 0 Å². The van der Waals surface area contributed by atoms with Gasteiger partial charge in [0.25, 0.3) is 0 Å². The van der Waals surface area contributed by atoms with Gasteiger partial charge < -0.3 is 10.0 Å². The highest BCUT2D eigenvalue weighted by Crippen LogP contribution is 2.72. The first kappa shape index (κ1) is 19.6. The molecular weight excluding hydrogens is 338 g/mol. The number of hydrogen-bond acceptors (Lipinski definition) is 3. The van der Waals surface area contributed by atoms with Crippen molar-refractivity contribution < 1.29 is 5.11 Å². The van der Waals surface area contributed by atoms with Crippen molar-refractivity contribution in [3.05, 3.63) is 0 Å². The van der Waals surface area contributed by atoms with Crippen LogP contribution in [0.5, 0.6) is 0 Å². The van der Waals surface area contributed by atoms with Crippen molar-refractivity contribution >= 4 is 11.8 Å². The van der Waals surface area contributed by atoms with Crippen molar-refractivity contribution in [3.8, 4) is 0 Å². The van der Waals surface area contributed by atoms with Crippen LogP contribution in [0.4, 0.5) is 0 Å². The van der Waals surface area contributed by atoms with Gasteiger partial charge in [-0.2, -0.15) is 11.8 Å². The average Bonchev–Trinajstić information content (AvgIpc) is 2.57. The van der Waals surface area contributed by atoms with E-state index in [2.05, 4.69) is 39.1 Å². The Kier molecular flexibility index (Phi) is 5.02. The Morgan fingerprint density at radius 2 is 1.77 bits per heavy atom. The molecule has 5 aliphatic carbocycles. The van der Waals surface area contributed by atoms with Crippen LogP contribution in [-0.4, -0.2) is 48.8 Å². The van der Waals surface area contributed by atoms with Gasteiger partial charge in [-0.3, -0.25) is 0 Å². The first-order valence-corrected chi connectivity index (χ1v) is 12.5. The molecule has 2 nitrogen and oxygen atoms in total. The van der Waals surface area contributed by atoms with E-state index in [9.17, 15) is 5.11 Å². The minimum absolute atomic E-state index is 0.0349. The highest BCUT2D eigenvalue weighted by Gasteiger charge is 2.67. The third kappa shape index (κ3) is 2.66. The number of hydrogen-bond donors (Lipinski definition) is 1. The van der Waals surface area contributed by atoms with Crippen LogP contribution in [0.3, 0.4) is 0 Å². The summed E-state index contributed by atoms with van der Waals surface area (Å²) < 4.78 is 0. The molecule has 2 bridgehead atoms. The molecule has 0 aromatic rings. The molecule has 0 aromatic carbocycles. The number of nitrogens with zero attached hydrogens (tertiary/aromatic N) is 1. The van der Waals surface area contributed by atoms with Crippen LogP contribution < -0.4 is 0 Å². The number of thioether (sulfide) groups is 1. The third-order valence-electron chi connectivity index (χ3n) is 9.64. The van der Waals surface area contributed by atoms with E-state index in [1.807, 2.05) is 11.8 Å². The van der Waals surface area contributed by atoms with Gasteiger partial charge in [0.15, 0.2) is 0 Å². The molecule has 0 aromatic heterocycles. The summed E-state index contributed by atoms with van der Waals surface area (Å²) in [5.41, 5.74) is 1.15. The molecular formula is C23H41NOS. The van der Waals surface area contributed by atoms with E-state index >= 15 is 0 Å². The fraction of sp³-hybridized carbons (Fsp3) is 1.00. The van der Waals surface area contributed by atoms with E-state index in [-0.39, 0.29) is 11.5 Å². The van der Waals surface area contributed by atoms with Crippen LogP contribution in [0.25, 0.3) is 0 Å². The fourth-order valence-corrected chi connectivity index (χ4v) is 9.78. The fourth-order valence-electron chi connectivity index (χ4n) is 8.94. The molecule has 0 saturated heterocycles. The molecule has 0 aliphatic heterocycles. The molecule has 26 heavy (non-hydrogen) atoms. The molecule has 0 unspecified atom stereocenters. The maximum Gasteiger partial charge on any atom is 0.0637 e. The summed E-state index contributed by atoms with van der Waals surface area (Å²) in [6.07, 6.45) is 13.1. The lowest BCUT2D eigenvalue weighted by molar-refractivity contribution is -0.241. The molecule has 0 heterocycles. The maximum atomic E-state index is 11.5. The van der Waals surface area contributed by atoms with Gasteiger partial charge in [0.2, 0.25) is 0 Å². The lowest BCUT2D eigenvalue weighted by atomic mass is 9.35. The first-order chi connectivity index (χ1) is 12.3. The topological polar surface area (TPSA) is 23.5 Å². The van der Waals surface area contributed by atoms with E-state index in [1.54, 1.807) is 0 Å². The standard InChI is InChI=1S/C23H41NOS/c1-21(15-24(3)4)9-6-10-22(2)18(21)8-12-23-11-7-16(13-19(22)23)17(14-26-5)20(23)25/h16-20,25H,6-15H2,1-5H3/t16-,17-,18+,19-,20+,21-,22+,23-/m0/s1. The van der Waals surface area contributed by atoms with Crippen LogP contribution in [0.15, 0.2) is 0 Å². The van der Waals surface area contributed by atoms with Gasteiger partial charge in [-0.1, -0.05) is 20.3 Å². The smallest absolute Gasteiger partial charge is 0.0637 e. The Labute approximate surface area is 165 Å². The highest BCUT2D eigenvalue weighted by atomic mass is 32.2. The minimum atomic E-state index is -0.0349. The zero-order chi connectivity index (χ0) is 18.7. The Balaban J connectivity index is 1.67. The normalized spacial score (nSPS) is 53.4. The summed E-state index contributed by atoms with van der Waals surface area (Å²) in [7, 11) is 4.50. The summed E-state index contributed by atoms with van der Waals surface area (Å²) in [6, 6.07) is 0. The highest BCUT2D eigenvalue weighted by molar-refractivity contribution is 7.98. The summed E-state index contributed by atoms with van der Waals surface area (Å²) in [5, 5.41) is 11.5. The van der Waals surface area contributed by atoms with Crippen LogP contribution in [-0.2, 0) is 0 Å². The molecule has 150 valence electrons. The number of aliphatic hydroxyl groups excluding tert-OH is 1. The summed E-state index contributed by atoms with van der Waals surface area (Å²) in [6.45, 7) is 6.46. The first-order valence-electron chi connectivity index (χ1n) is 11.1. The Hall–Kier alpha value is 0.270. The quantitative estimate of drug-likeness (QED) is 0.750. The zero-order valence-electron chi connectivity index (χ0n) is 17.8. The van der Waals surface area contributed by atoms with Gasteiger partial charge in [0.1, 0.15) is 0 Å². The monoisotopic (exact) mass is 379 g/mol. The molecule has 5 aliphatic rings. The molecule has 0 radical (unpaired) electrons. The van der Waals surface area contributed by atoms with E-state index in [0.29, 0.717) is 16.7 Å². The Morgan fingerprint density at radius 3 is 2.46 bits per heavy atom. The predicted molar refractivity (Wildman–Crippen MR) is 112 cm³/mol. The molecule has 8 atom stereocenters. The largest absolute Gasteiger partial charge is 0.392 e. The van der Waals surface area contributed by atoms with Crippen molar-refractivity contribution in [1.29, 1.82) is 0 Å². The SMILES string of the molecule is CSC[C@H]1[C@H]2CC[C@@]3(CC[C@@H]4[C@](C)(CN(C)C)CCC[C@@]4(C)[C@@H]3C2)[C@@H]1O. The van der Waals surface area contributed by atoms with Crippen molar-refractivity contribution in [3.63, 3.8) is 0 Å². The van der Waals surface area contributed by atoms with E-state index in [1.165, 1.54) is 63.7 Å². The Morgan fingerprint density at radius 1 is 1.04 bits per heavy atom. The van der Waals surface area contributed by atoms with Crippen LogP contribution in [0.1, 0.15) is 65.2 Å². The molecule has 5 fully saturated rings. The summed E-state index contributed by atoms with van der Waals surface area (Å²) >= 11 is 1.95. The van der Waals surface area contributed by atoms with Gasteiger partial charge in [0, 0.05) is 6.54 Å². The summed E-state index contributed by atoms with van der Waals surface area (Å²) in [4.78, 5) is 2.42. The molecule has 5 saturated carbocycles. The van der Waals surface area contributed by atoms with E-state index in [4.69, 9.17) is 0 Å². The van der Waals surface area contributed by atoms with Gasteiger partial charge in [0.05, 0.1) is 6.10 Å². The predicted octanol–water partition coefficient (Wildman–Crippen LogP) is 4.91. The lowest BCUT2D eigenvalue weighted by Gasteiger charge is -2.70. The van der Waals surface area contributed by atoms with Crippen LogP contribution in [0.2, 0.25) is 0 Å². The second-order valence-electron chi connectivity index (χ2n) is 11.2. The maximum absolute atomic E-state index is 11.5. The number of aliphatic hydroxyl groups is 1. The number of rotatable bonds is 4. The third-order valence-corrected chi connectivity index (χ3v) is 10.4. The zero-order valence-corrected chi connectivity index (χ0v) is 18.6. The summed E-state index contributed by atoms with van der Waals surface area (Å²) in [5.74, 6) is 4.11. The van der Waals surface area contributed by atoms with Crippen LogP contribution >= 0.6 is 11.8 Å². The number of fused-ring (bicyclic) bond motifs is 3. The van der Waals surface area contributed by atoms with Gasteiger partial charge in [-0.05, 0) is 111 Å². The van der Waals surface area contributed by atoms with Crippen LogP contribution in [0, 0.1) is 39.9 Å². The molecule has 0 amide bonds. The van der Waals surface area contributed by atoms with Gasteiger partial charge in [-0.15, -0.1) is 0 Å². The second-order valence-corrected chi connectivity index (χ2v) is 12.1. The lowest BCUT2D eigenvalue weighted by Crippen LogP contribution is -2.67. The van der Waals surface area contributed by atoms with E-state index < -0.39 is 0 Å². The van der Waals surface area contributed by atoms with E-state index in [0.717, 1.165) is 17.8 Å². The molecule has 1 N–H and O–H groups in total. The van der Waals surface area contributed by atoms with Crippen molar-refractivity contribution in [2.24, 2.45) is 39.9 Å². The molecule has 3 heteroatoms. The molecule has 1 spiro atoms. The van der Waals surface area contributed by atoms with Gasteiger partial charge >= 0.3 is 0 Å². The average molecular weight is 380 g/mol. The van der Waals surface area contributed by atoms with Crippen molar-refractivity contribution in [1.82, 2.24) is 4.90 Å². The van der Waals surface area contributed by atoms with Crippen molar-refractivity contribution in [2.75, 3.05) is 32.6 Å².